The zero-order chi connectivity index (χ0) is 9.84. The second kappa shape index (κ2) is 3.97. The molecule has 0 aromatic carbocycles. The van der Waals surface area contributed by atoms with Gasteiger partial charge in [0.1, 0.15) is 5.69 Å². The second-order valence-electron chi connectivity index (χ2n) is 2.28. The first-order valence-electron chi connectivity index (χ1n) is 3.67. The van der Waals surface area contributed by atoms with Gasteiger partial charge in [-0.25, -0.2) is 8.78 Å². The van der Waals surface area contributed by atoms with E-state index in [0.29, 0.717) is 0 Å². The van der Waals surface area contributed by atoms with E-state index in [0.717, 1.165) is 6.20 Å². The highest BCUT2D eigenvalue weighted by atomic mass is 19.3. The smallest absolute Gasteiger partial charge is 0.311 e. The third kappa shape index (κ3) is 2.24. The average molecular weight is 190 g/mol. The van der Waals surface area contributed by atoms with E-state index in [-0.39, 0.29) is 12.2 Å². The lowest BCUT2D eigenvalue weighted by Crippen LogP contribution is -2.06. The first kappa shape index (κ1) is 9.63. The Bertz CT molecular complexity index is 298. The molecule has 0 radical (unpaired) electrons. The minimum Gasteiger partial charge on any atom is -0.423 e. The molecule has 0 aliphatic heterocycles. The van der Waals surface area contributed by atoms with E-state index in [1.165, 1.54) is 0 Å². The lowest BCUT2D eigenvalue weighted by molar-refractivity contribution is -0.134. The molecule has 6 heteroatoms. The van der Waals surface area contributed by atoms with E-state index in [9.17, 15) is 13.6 Å². The molecule has 0 amide bonds. The number of alkyl halides is 2. The van der Waals surface area contributed by atoms with Crippen LogP contribution in [0.1, 0.15) is 25.5 Å². The maximum Gasteiger partial charge on any atom is 0.311 e. The number of ether oxygens (including phenoxy) is 1. The van der Waals surface area contributed by atoms with Crippen molar-refractivity contribution >= 4 is 5.97 Å². The van der Waals surface area contributed by atoms with Crippen LogP contribution in [0.15, 0.2) is 6.20 Å². The number of carbonyl (C=O) groups excluding carboxylic acids is 1. The summed E-state index contributed by atoms with van der Waals surface area (Å²) in [4.78, 5) is 10.7. The molecule has 72 valence electrons. The predicted octanol–water partition coefficient (Wildman–Crippen LogP) is 1.66. The number of aromatic nitrogens is 2. The first-order chi connectivity index (χ1) is 6.15. The largest absolute Gasteiger partial charge is 0.423 e. The van der Waals surface area contributed by atoms with Crippen LogP contribution in [-0.4, -0.2) is 16.2 Å². The molecule has 4 nitrogen and oxygen atoms in total. The maximum atomic E-state index is 12.2. The van der Waals surface area contributed by atoms with E-state index in [2.05, 4.69) is 14.9 Å². The fourth-order valence-electron chi connectivity index (χ4n) is 0.718. The molecule has 0 fully saturated rings. The second-order valence-corrected chi connectivity index (χ2v) is 2.28. The van der Waals surface area contributed by atoms with Crippen molar-refractivity contribution < 1.29 is 18.3 Å². The molecule has 0 saturated carbocycles. The van der Waals surface area contributed by atoms with Gasteiger partial charge in [0.25, 0.3) is 6.43 Å². The molecule has 1 rings (SSSR count). The van der Waals surface area contributed by atoms with Gasteiger partial charge in [0.05, 0.1) is 6.20 Å². The zero-order valence-electron chi connectivity index (χ0n) is 6.88. The Morgan fingerprint density at radius 3 is 3.00 bits per heavy atom. The van der Waals surface area contributed by atoms with E-state index < -0.39 is 18.1 Å². The first-order valence-corrected chi connectivity index (χ1v) is 3.67. The molecule has 0 bridgehead atoms. The topological polar surface area (TPSA) is 55.0 Å². The monoisotopic (exact) mass is 190 g/mol. The average Bonchev–Trinajstić information content (AvgIpc) is 2.52. The van der Waals surface area contributed by atoms with Gasteiger partial charge in [-0.3, -0.25) is 9.89 Å². The molecule has 1 heterocycles. The van der Waals surface area contributed by atoms with Crippen LogP contribution in [0.4, 0.5) is 8.78 Å². The van der Waals surface area contributed by atoms with E-state index in [4.69, 9.17) is 0 Å². The number of rotatable bonds is 3. The highest BCUT2D eigenvalue weighted by molar-refractivity contribution is 5.72. The standard InChI is InChI=1S/C7H8F2N2O2/c1-2-5(12)13-4-3-10-11-6(4)7(8)9/h3,7H,2H2,1H3,(H,10,11). The van der Waals surface area contributed by atoms with Gasteiger partial charge in [0, 0.05) is 6.42 Å². The number of hydrogen-bond donors (Lipinski definition) is 1. The van der Waals surface area contributed by atoms with Gasteiger partial charge in [-0.2, -0.15) is 5.10 Å². The van der Waals surface area contributed by atoms with Crippen molar-refractivity contribution in [2.75, 3.05) is 0 Å². The molecule has 1 N–H and O–H groups in total. The van der Waals surface area contributed by atoms with Crippen molar-refractivity contribution in [3.63, 3.8) is 0 Å². The highest BCUT2D eigenvalue weighted by Crippen LogP contribution is 2.26. The van der Waals surface area contributed by atoms with E-state index in [1.54, 1.807) is 6.92 Å². The van der Waals surface area contributed by atoms with Crippen molar-refractivity contribution in [1.82, 2.24) is 10.2 Å². The third-order valence-corrected chi connectivity index (χ3v) is 1.36. The molecular formula is C7H8F2N2O2. The predicted molar refractivity (Wildman–Crippen MR) is 39.5 cm³/mol. The van der Waals surface area contributed by atoms with Crippen LogP contribution in [0, 0.1) is 0 Å². The third-order valence-electron chi connectivity index (χ3n) is 1.36. The van der Waals surface area contributed by atoms with Crippen LogP contribution in [0.25, 0.3) is 0 Å². The summed E-state index contributed by atoms with van der Waals surface area (Å²) in [7, 11) is 0. The number of H-pyrrole nitrogens is 1. The fourth-order valence-corrected chi connectivity index (χ4v) is 0.718. The fraction of sp³-hybridized carbons (Fsp3) is 0.429. The van der Waals surface area contributed by atoms with Gasteiger partial charge < -0.3 is 4.74 Å². The molecule has 0 atom stereocenters. The van der Waals surface area contributed by atoms with E-state index in [1.807, 2.05) is 0 Å². The van der Waals surface area contributed by atoms with Crippen LogP contribution in [0.3, 0.4) is 0 Å². The number of halogens is 2. The number of carbonyl (C=O) groups is 1. The number of nitrogens with one attached hydrogen (secondary N) is 1. The van der Waals surface area contributed by atoms with Crippen molar-refractivity contribution in [3.05, 3.63) is 11.9 Å². The Labute approximate surface area is 72.9 Å². The van der Waals surface area contributed by atoms with Crippen LogP contribution in [0.5, 0.6) is 5.75 Å². The van der Waals surface area contributed by atoms with Crippen LogP contribution >= 0.6 is 0 Å². The summed E-state index contributed by atoms with van der Waals surface area (Å²) in [5.41, 5.74) is -0.471. The summed E-state index contributed by atoms with van der Waals surface area (Å²) in [6, 6.07) is 0. The molecular weight excluding hydrogens is 182 g/mol. The number of esters is 1. The summed E-state index contributed by atoms with van der Waals surface area (Å²) >= 11 is 0. The van der Waals surface area contributed by atoms with Crippen molar-refractivity contribution in [2.45, 2.75) is 19.8 Å². The molecule has 1 aromatic heterocycles. The van der Waals surface area contributed by atoms with Gasteiger partial charge >= 0.3 is 5.97 Å². The summed E-state index contributed by atoms with van der Waals surface area (Å²) in [6.45, 7) is 1.57. The summed E-state index contributed by atoms with van der Waals surface area (Å²) in [5.74, 6) is -0.773. The molecule has 13 heavy (non-hydrogen) atoms. The summed E-state index contributed by atoms with van der Waals surface area (Å²) in [6.07, 6.45) is -1.54. The molecule has 0 unspecified atom stereocenters. The molecule has 0 aliphatic rings. The number of aromatic amines is 1. The molecule has 1 aromatic rings. The van der Waals surface area contributed by atoms with E-state index >= 15 is 0 Å². The molecule has 0 spiro atoms. The van der Waals surface area contributed by atoms with Crippen molar-refractivity contribution in [1.29, 1.82) is 0 Å². The Morgan fingerprint density at radius 1 is 1.77 bits per heavy atom. The Hall–Kier alpha value is -1.46. The van der Waals surface area contributed by atoms with Crippen molar-refractivity contribution in [3.8, 4) is 5.75 Å². The number of hydrogen-bond acceptors (Lipinski definition) is 3. The van der Waals surface area contributed by atoms with Crippen LogP contribution < -0.4 is 4.74 Å². The maximum absolute atomic E-state index is 12.2. The number of nitrogens with zero attached hydrogens (tertiary/aromatic N) is 1. The summed E-state index contributed by atoms with van der Waals surface area (Å²) in [5, 5.41) is 5.41. The lowest BCUT2D eigenvalue weighted by Gasteiger charge is -2.01. The van der Waals surface area contributed by atoms with Crippen molar-refractivity contribution in [2.24, 2.45) is 0 Å². The highest BCUT2D eigenvalue weighted by Gasteiger charge is 2.18. The van der Waals surface area contributed by atoms with Gasteiger partial charge in [0.2, 0.25) is 0 Å². The van der Waals surface area contributed by atoms with Crippen LogP contribution in [0.2, 0.25) is 0 Å². The minimum absolute atomic E-state index is 0.133. The van der Waals surface area contributed by atoms with Gasteiger partial charge in [-0.1, -0.05) is 6.92 Å². The van der Waals surface area contributed by atoms with Gasteiger partial charge in [-0.15, -0.1) is 0 Å². The Balaban J connectivity index is 2.76. The van der Waals surface area contributed by atoms with Gasteiger partial charge in [0.15, 0.2) is 5.75 Å². The zero-order valence-corrected chi connectivity index (χ0v) is 6.88. The molecule has 0 saturated heterocycles. The quantitative estimate of drug-likeness (QED) is 0.737. The molecule has 0 aliphatic carbocycles. The Morgan fingerprint density at radius 2 is 2.46 bits per heavy atom. The van der Waals surface area contributed by atoms with Gasteiger partial charge in [-0.05, 0) is 0 Å². The normalized spacial score (nSPS) is 10.5. The minimum atomic E-state index is -2.72. The summed E-state index contributed by atoms with van der Waals surface area (Å²) < 4.78 is 28.9. The lowest BCUT2D eigenvalue weighted by atomic mass is 10.4. The Kier molecular flexibility index (Phi) is 2.94. The van der Waals surface area contributed by atoms with Crippen LogP contribution in [-0.2, 0) is 4.79 Å². The SMILES string of the molecule is CCC(=O)Oc1cn[nH]c1C(F)F.